The Hall–Kier alpha value is -1.72. The number of ketones is 1. The molecule has 0 bridgehead atoms. The second-order valence-corrected chi connectivity index (χ2v) is 20.6. The predicted octanol–water partition coefficient (Wildman–Crippen LogP) is 16.9. The molecule has 1 N–H and O–H groups in total. The minimum atomic E-state index is 0. The zero-order valence-corrected chi connectivity index (χ0v) is 45.3. The number of ether oxygens (including phenoxy) is 4. The van der Waals surface area contributed by atoms with Gasteiger partial charge in [-0.25, -0.2) is 0 Å². The van der Waals surface area contributed by atoms with Crippen molar-refractivity contribution in [2.24, 2.45) is 5.92 Å². The first kappa shape index (κ1) is 69.4. The van der Waals surface area contributed by atoms with Gasteiger partial charge in [0.05, 0.1) is 19.8 Å². The Morgan fingerprint density at radius 2 is 1.17 bits per heavy atom. The molecule has 2 rings (SSSR count). The molecule has 2 heterocycles. The molecule has 0 saturated heterocycles. The molecule has 0 aliphatic carbocycles. The topological polar surface area (TPSA) is 86.3 Å². The number of carbonyl (C=O) groups is 2. The van der Waals surface area contributed by atoms with Gasteiger partial charge in [0.15, 0.2) is 0 Å². The SMILES string of the molecule is C.C.CCCCC/C=C\C/C=C\CCCCCCCC=O.CCCCCCCCC(CCCCCCCC)COCOCCCCCC(=O)Cc1sc2c(c1COCOCCCN(C)C)CCNC2. The number of allylic oxidation sites excluding steroid dienone is 4. The second-order valence-electron chi connectivity index (χ2n) is 19.5. The molecule has 0 unspecified atom stereocenters. The third kappa shape index (κ3) is 43.6. The number of nitrogens with one attached hydrogen (secondary N) is 1. The number of aldehydes is 1. The zero-order valence-electron chi connectivity index (χ0n) is 44.5. The Labute approximate surface area is 432 Å². The number of Topliss-reactive ketones (excluding diaryl/α,β-unsaturated/α-hetero) is 1. The van der Waals surface area contributed by atoms with E-state index in [0.29, 0.717) is 57.9 Å². The van der Waals surface area contributed by atoms with Gasteiger partial charge in [-0.15, -0.1) is 11.3 Å². The van der Waals surface area contributed by atoms with Crippen LogP contribution < -0.4 is 5.32 Å². The van der Waals surface area contributed by atoms with Gasteiger partial charge in [-0.1, -0.05) is 176 Å². The molecule has 8 nitrogen and oxygen atoms in total. The predicted molar refractivity (Wildman–Crippen MR) is 301 cm³/mol. The van der Waals surface area contributed by atoms with Gasteiger partial charge in [0, 0.05) is 42.2 Å². The molecule has 1 aromatic heterocycles. The zero-order chi connectivity index (χ0) is 48.5. The van der Waals surface area contributed by atoms with E-state index < -0.39 is 0 Å². The number of carbonyl (C=O) groups excluding carboxylic acids is 2. The lowest BCUT2D eigenvalue weighted by atomic mass is 9.95. The van der Waals surface area contributed by atoms with Crippen molar-refractivity contribution in [3.8, 4) is 0 Å². The van der Waals surface area contributed by atoms with Gasteiger partial charge in [-0.2, -0.15) is 0 Å². The molecule has 0 spiro atoms. The van der Waals surface area contributed by atoms with E-state index in [1.165, 1.54) is 169 Å². The first-order valence-electron chi connectivity index (χ1n) is 28.0. The van der Waals surface area contributed by atoms with Crippen LogP contribution in [0.2, 0.25) is 0 Å². The molecule has 0 atom stereocenters. The highest BCUT2D eigenvalue weighted by Crippen LogP contribution is 2.32. The average molecular weight is 992 g/mol. The molecule has 69 heavy (non-hydrogen) atoms. The van der Waals surface area contributed by atoms with Crippen LogP contribution in [0.1, 0.15) is 256 Å². The van der Waals surface area contributed by atoms with Gasteiger partial charge >= 0.3 is 0 Å². The second kappa shape index (κ2) is 54.1. The number of unbranched alkanes of at least 4 members (excludes halogenated alkanes) is 21. The molecule has 1 aliphatic heterocycles. The van der Waals surface area contributed by atoms with E-state index in [2.05, 4.69) is 69.4 Å². The fourth-order valence-electron chi connectivity index (χ4n) is 8.59. The minimum absolute atomic E-state index is 0. The normalized spacial score (nSPS) is 12.4. The van der Waals surface area contributed by atoms with Crippen LogP contribution in [0.5, 0.6) is 0 Å². The van der Waals surface area contributed by atoms with Crippen LogP contribution in [-0.4, -0.2) is 77.6 Å². The van der Waals surface area contributed by atoms with Crippen LogP contribution in [0.15, 0.2) is 24.3 Å². The molecule has 1 aromatic rings. The van der Waals surface area contributed by atoms with Crippen molar-refractivity contribution in [3.63, 3.8) is 0 Å². The Balaban J connectivity index is 0. The summed E-state index contributed by atoms with van der Waals surface area (Å²) in [7, 11) is 4.15. The Morgan fingerprint density at radius 1 is 0.638 bits per heavy atom. The van der Waals surface area contributed by atoms with E-state index in [4.69, 9.17) is 18.9 Å². The average Bonchev–Trinajstić information content (AvgIpc) is 3.67. The number of nitrogens with zero attached hydrogens (tertiary/aromatic N) is 1. The Kier molecular flexibility index (Phi) is 54.3. The maximum Gasteiger partial charge on any atom is 0.147 e. The van der Waals surface area contributed by atoms with E-state index in [-0.39, 0.29) is 14.9 Å². The number of hydrogen-bond donors (Lipinski definition) is 1. The lowest BCUT2D eigenvalue weighted by Gasteiger charge is -2.17. The van der Waals surface area contributed by atoms with Crippen LogP contribution >= 0.6 is 11.3 Å². The van der Waals surface area contributed by atoms with Crippen LogP contribution in [0.25, 0.3) is 0 Å². The van der Waals surface area contributed by atoms with E-state index in [9.17, 15) is 9.59 Å². The lowest BCUT2D eigenvalue weighted by molar-refractivity contribution is -0.118. The van der Waals surface area contributed by atoms with Crippen molar-refractivity contribution in [1.82, 2.24) is 10.2 Å². The summed E-state index contributed by atoms with van der Waals surface area (Å²) in [6.07, 6.45) is 49.6. The summed E-state index contributed by atoms with van der Waals surface area (Å²) < 4.78 is 23.4. The monoisotopic (exact) mass is 991 g/mol. The molecule has 1 aliphatic rings. The van der Waals surface area contributed by atoms with Crippen molar-refractivity contribution in [2.75, 3.05) is 60.6 Å². The Bertz CT molecular complexity index is 1280. The van der Waals surface area contributed by atoms with Crippen molar-refractivity contribution in [1.29, 1.82) is 0 Å². The number of hydrogen-bond acceptors (Lipinski definition) is 9. The van der Waals surface area contributed by atoms with E-state index in [0.717, 1.165) is 83.9 Å². The summed E-state index contributed by atoms with van der Waals surface area (Å²) in [6, 6.07) is 0. The smallest absolute Gasteiger partial charge is 0.147 e. The molecular weight excluding hydrogens is 877 g/mol. The summed E-state index contributed by atoms with van der Waals surface area (Å²) in [6.45, 7) is 13.2. The van der Waals surface area contributed by atoms with Gasteiger partial charge in [0.2, 0.25) is 0 Å². The highest BCUT2D eigenvalue weighted by molar-refractivity contribution is 7.12. The van der Waals surface area contributed by atoms with Crippen molar-refractivity contribution in [3.05, 3.63) is 45.2 Å². The first-order chi connectivity index (χ1) is 33.0. The molecule has 0 fully saturated rings. The Morgan fingerprint density at radius 3 is 1.80 bits per heavy atom. The number of thiophene rings is 1. The van der Waals surface area contributed by atoms with E-state index in [1.54, 1.807) is 11.3 Å². The van der Waals surface area contributed by atoms with E-state index in [1.807, 2.05) is 0 Å². The fraction of sp³-hybridized carbons (Fsp3) is 0.833. The van der Waals surface area contributed by atoms with Crippen molar-refractivity contribution >= 4 is 23.4 Å². The molecule has 0 saturated carbocycles. The summed E-state index contributed by atoms with van der Waals surface area (Å²) in [5, 5.41) is 3.47. The first-order valence-corrected chi connectivity index (χ1v) is 28.8. The molecule has 0 aromatic carbocycles. The quantitative estimate of drug-likeness (QED) is 0.0299. The minimum Gasteiger partial charge on any atom is -0.355 e. The number of fused-ring (bicyclic) bond motifs is 1. The lowest BCUT2D eigenvalue weighted by Crippen LogP contribution is -2.22. The van der Waals surface area contributed by atoms with Crippen LogP contribution in [0, 0.1) is 5.92 Å². The summed E-state index contributed by atoms with van der Waals surface area (Å²) >= 11 is 1.79. The van der Waals surface area contributed by atoms with Crippen LogP contribution in [0.4, 0.5) is 0 Å². The maximum absolute atomic E-state index is 13.0. The molecule has 406 valence electrons. The standard InChI is InChI=1S/C40H74N2O5S.C18H32O.2CH4/c1-5-7-9-11-13-16-21-35(22-17-14-12-10-8-6-2)31-46-33-44-27-19-15-18-23-36(43)29-39-38(37-24-25-41-30-40(37)48-39)32-47-34-45-28-20-26-42(3)4;1-2-3-4-5-6-7-8-9-10-11-12-13-14-15-16-17-18-19;;/h35,41H,5-34H2,1-4H3;6-7,9-10,18H,2-5,8,11-17H2,1H3;2*1H4/b;7-6-,10-9-;;. The van der Waals surface area contributed by atoms with Gasteiger partial charge in [-0.3, -0.25) is 4.79 Å². The summed E-state index contributed by atoms with van der Waals surface area (Å²) in [5.74, 6) is 0.995. The van der Waals surface area contributed by atoms with Gasteiger partial charge in [0.1, 0.15) is 25.7 Å². The third-order valence-electron chi connectivity index (χ3n) is 12.8. The maximum atomic E-state index is 13.0. The summed E-state index contributed by atoms with van der Waals surface area (Å²) in [4.78, 5) is 27.8. The van der Waals surface area contributed by atoms with Gasteiger partial charge < -0.3 is 34.0 Å². The van der Waals surface area contributed by atoms with Crippen molar-refractivity contribution < 1.29 is 28.5 Å². The van der Waals surface area contributed by atoms with Gasteiger partial charge in [-0.05, 0) is 121 Å². The highest BCUT2D eigenvalue weighted by Gasteiger charge is 2.22. The highest BCUT2D eigenvalue weighted by atomic mass is 32.1. The number of rotatable bonds is 48. The van der Waals surface area contributed by atoms with Gasteiger partial charge in [0.25, 0.3) is 0 Å². The third-order valence-corrected chi connectivity index (χ3v) is 14.0. The summed E-state index contributed by atoms with van der Waals surface area (Å²) in [5.41, 5.74) is 2.63. The molecule has 9 heteroatoms. The molecule has 0 radical (unpaired) electrons. The van der Waals surface area contributed by atoms with Crippen LogP contribution in [-0.2, 0) is 54.5 Å². The molecular formula is C60H114N2O6S. The fourth-order valence-corrected chi connectivity index (χ4v) is 9.95. The van der Waals surface area contributed by atoms with Crippen LogP contribution in [0.3, 0.4) is 0 Å². The molecule has 0 amide bonds. The largest absolute Gasteiger partial charge is 0.355 e. The van der Waals surface area contributed by atoms with Crippen molar-refractivity contribution in [2.45, 2.75) is 261 Å². The van der Waals surface area contributed by atoms with E-state index >= 15 is 0 Å².